The molecule has 0 radical (unpaired) electrons. The SMILES string of the molecule is CN1CCNC(Cc2n[nH]c3c2CCC3)C1. The molecule has 1 aromatic rings. The Hall–Kier alpha value is -0.870. The number of aromatic amines is 1. The predicted molar refractivity (Wildman–Crippen MR) is 63.6 cm³/mol. The fourth-order valence-corrected chi connectivity index (χ4v) is 2.92. The molecule has 1 saturated heterocycles. The summed E-state index contributed by atoms with van der Waals surface area (Å²) in [6.07, 6.45) is 4.80. The van der Waals surface area contributed by atoms with Gasteiger partial charge in [0.2, 0.25) is 0 Å². The molecule has 16 heavy (non-hydrogen) atoms. The lowest BCUT2D eigenvalue weighted by molar-refractivity contribution is 0.237. The van der Waals surface area contributed by atoms with Gasteiger partial charge in [-0.1, -0.05) is 0 Å². The Bertz CT molecular complexity index is 371. The van der Waals surface area contributed by atoms with Crippen LogP contribution in [0.2, 0.25) is 0 Å². The first kappa shape index (κ1) is 10.3. The van der Waals surface area contributed by atoms with Crippen LogP contribution in [0.3, 0.4) is 0 Å². The van der Waals surface area contributed by atoms with Gasteiger partial charge in [0.15, 0.2) is 0 Å². The molecule has 1 unspecified atom stereocenters. The quantitative estimate of drug-likeness (QED) is 0.755. The lowest BCUT2D eigenvalue weighted by atomic mass is 10.0. The maximum Gasteiger partial charge on any atom is 0.0672 e. The second-order valence-corrected chi connectivity index (χ2v) is 5.10. The zero-order valence-electron chi connectivity index (χ0n) is 9.92. The molecule has 88 valence electrons. The van der Waals surface area contributed by atoms with E-state index in [1.165, 1.54) is 36.2 Å². The van der Waals surface area contributed by atoms with Gasteiger partial charge in [0.25, 0.3) is 0 Å². The Morgan fingerprint density at radius 1 is 1.44 bits per heavy atom. The van der Waals surface area contributed by atoms with Crippen LogP contribution >= 0.6 is 0 Å². The largest absolute Gasteiger partial charge is 0.311 e. The summed E-state index contributed by atoms with van der Waals surface area (Å²) in [4.78, 5) is 2.40. The minimum absolute atomic E-state index is 0.576. The number of nitrogens with one attached hydrogen (secondary N) is 2. The Labute approximate surface area is 96.4 Å². The van der Waals surface area contributed by atoms with Crippen LogP contribution in [0, 0.1) is 0 Å². The topological polar surface area (TPSA) is 44.0 Å². The summed E-state index contributed by atoms with van der Waals surface area (Å²) in [5, 5.41) is 11.3. The number of piperazine rings is 1. The molecule has 2 N–H and O–H groups in total. The van der Waals surface area contributed by atoms with E-state index >= 15 is 0 Å². The number of fused-ring (bicyclic) bond motifs is 1. The second kappa shape index (κ2) is 4.18. The summed E-state index contributed by atoms with van der Waals surface area (Å²) in [5.41, 5.74) is 4.20. The highest BCUT2D eigenvalue weighted by Gasteiger charge is 2.23. The van der Waals surface area contributed by atoms with Gasteiger partial charge in [-0.05, 0) is 31.9 Å². The van der Waals surface area contributed by atoms with E-state index in [1.54, 1.807) is 0 Å². The number of aromatic nitrogens is 2. The van der Waals surface area contributed by atoms with Gasteiger partial charge < -0.3 is 10.2 Å². The van der Waals surface area contributed by atoms with Crippen LogP contribution < -0.4 is 5.32 Å². The van der Waals surface area contributed by atoms with Gasteiger partial charge in [0.1, 0.15) is 0 Å². The molecule has 3 rings (SSSR count). The maximum atomic E-state index is 4.47. The van der Waals surface area contributed by atoms with Crippen molar-refractivity contribution in [2.45, 2.75) is 31.7 Å². The summed E-state index contributed by atoms with van der Waals surface area (Å²) >= 11 is 0. The fourth-order valence-electron chi connectivity index (χ4n) is 2.92. The standard InChI is InChI=1S/C12H20N4/c1-16-6-5-13-9(8-16)7-12-10-3-2-4-11(10)14-15-12/h9,13H,2-8H2,1H3,(H,14,15). The molecule has 2 aliphatic rings. The van der Waals surface area contributed by atoms with E-state index in [1.807, 2.05) is 0 Å². The Morgan fingerprint density at radius 3 is 3.25 bits per heavy atom. The first-order valence-corrected chi connectivity index (χ1v) is 6.30. The molecule has 4 heteroatoms. The van der Waals surface area contributed by atoms with Gasteiger partial charge in [0, 0.05) is 37.8 Å². The molecule has 0 saturated carbocycles. The molecule has 1 aromatic heterocycles. The third-order valence-corrected chi connectivity index (χ3v) is 3.79. The number of hydrogen-bond acceptors (Lipinski definition) is 3. The normalized spacial score (nSPS) is 25.9. The molecule has 0 bridgehead atoms. The molecule has 0 spiro atoms. The summed E-state index contributed by atoms with van der Waals surface area (Å²) in [6.45, 7) is 3.41. The molecule has 1 aliphatic carbocycles. The van der Waals surface area contributed by atoms with Gasteiger partial charge in [0.05, 0.1) is 5.69 Å². The van der Waals surface area contributed by atoms with Crippen LogP contribution in [0.4, 0.5) is 0 Å². The van der Waals surface area contributed by atoms with Gasteiger partial charge in [-0.3, -0.25) is 5.10 Å². The second-order valence-electron chi connectivity index (χ2n) is 5.10. The molecule has 1 fully saturated rings. The van der Waals surface area contributed by atoms with Gasteiger partial charge in [-0.15, -0.1) is 0 Å². The minimum atomic E-state index is 0.576. The first-order valence-electron chi connectivity index (χ1n) is 6.30. The third kappa shape index (κ3) is 1.87. The average Bonchev–Trinajstić information content (AvgIpc) is 2.83. The van der Waals surface area contributed by atoms with E-state index in [0.717, 1.165) is 26.1 Å². The highest BCUT2D eigenvalue weighted by Crippen LogP contribution is 2.23. The van der Waals surface area contributed by atoms with Crippen molar-refractivity contribution in [2.24, 2.45) is 0 Å². The molecule has 2 heterocycles. The molecule has 0 aromatic carbocycles. The average molecular weight is 220 g/mol. The van der Waals surface area contributed by atoms with Gasteiger partial charge >= 0.3 is 0 Å². The highest BCUT2D eigenvalue weighted by molar-refractivity contribution is 5.30. The fraction of sp³-hybridized carbons (Fsp3) is 0.750. The van der Waals surface area contributed by atoms with E-state index in [9.17, 15) is 0 Å². The number of rotatable bonds is 2. The smallest absolute Gasteiger partial charge is 0.0672 e. The van der Waals surface area contributed by atoms with E-state index in [2.05, 4.69) is 27.5 Å². The molecule has 1 atom stereocenters. The number of aryl methyl sites for hydroxylation is 1. The van der Waals surface area contributed by atoms with Crippen molar-refractivity contribution in [2.75, 3.05) is 26.7 Å². The summed E-state index contributed by atoms with van der Waals surface area (Å²) in [5.74, 6) is 0. The van der Waals surface area contributed by atoms with Crippen molar-refractivity contribution in [3.63, 3.8) is 0 Å². The zero-order chi connectivity index (χ0) is 11.0. The number of likely N-dealkylation sites (N-methyl/N-ethyl adjacent to an activating group) is 1. The van der Waals surface area contributed by atoms with Crippen molar-refractivity contribution in [1.29, 1.82) is 0 Å². The van der Waals surface area contributed by atoms with Crippen molar-refractivity contribution in [3.8, 4) is 0 Å². The number of hydrogen-bond donors (Lipinski definition) is 2. The Kier molecular flexibility index (Phi) is 2.69. The molecule has 1 aliphatic heterocycles. The first-order chi connectivity index (χ1) is 7.83. The number of H-pyrrole nitrogens is 1. The van der Waals surface area contributed by atoms with E-state index in [4.69, 9.17) is 0 Å². The van der Waals surface area contributed by atoms with Crippen LogP contribution in [-0.2, 0) is 19.3 Å². The minimum Gasteiger partial charge on any atom is -0.311 e. The lowest BCUT2D eigenvalue weighted by Crippen LogP contribution is -2.50. The predicted octanol–water partition coefficient (Wildman–Crippen LogP) is 0.345. The monoisotopic (exact) mass is 220 g/mol. The van der Waals surface area contributed by atoms with E-state index in [0.29, 0.717) is 6.04 Å². The van der Waals surface area contributed by atoms with E-state index < -0.39 is 0 Å². The molecule has 0 amide bonds. The van der Waals surface area contributed by atoms with Gasteiger partial charge in [-0.2, -0.15) is 5.10 Å². The molecule has 4 nitrogen and oxygen atoms in total. The maximum absolute atomic E-state index is 4.47. The number of nitrogens with zero attached hydrogens (tertiary/aromatic N) is 2. The van der Waals surface area contributed by atoms with E-state index in [-0.39, 0.29) is 0 Å². The molecular formula is C12H20N4. The highest BCUT2D eigenvalue weighted by atomic mass is 15.2. The summed E-state index contributed by atoms with van der Waals surface area (Å²) in [6, 6.07) is 0.576. The van der Waals surface area contributed by atoms with Crippen LogP contribution in [0.15, 0.2) is 0 Å². The molecular weight excluding hydrogens is 200 g/mol. The third-order valence-electron chi connectivity index (χ3n) is 3.79. The van der Waals surface area contributed by atoms with Crippen LogP contribution in [0.1, 0.15) is 23.4 Å². The van der Waals surface area contributed by atoms with Crippen LogP contribution in [-0.4, -0.2) is 47.8 Å². The Morgan fingerprint density at radius 2 is 2.38 bits per heavy atom. The van der Waals surface area contributed by atoms with Crippen LogP contribution in [0.25, 0.3) is 0 Å². The zero-order valence-corrected chi connectivity index (χ0v) is 9.92. The summed E-state index contributed by atoms with van der Waals surface area (Å²) < 4.78 is 0. The summed E-state index contributed by atoms with van der Waals surface area (Å²) in [7, 11) is 2.20. The van der Waals surface area contributed by atoms with Crippen molar-refractivity contribution in [3.05, 3.63) is 17.0 Å². The van der Waals surface area contributed by atoms with Crippen LogP contribution in [0.5, 0.6) is 0 Å². The Balaban J connectivity index is 1.69. The lowest BCUT2D eigenvalue weighted by Gasteiger charge is -2.30. The van der Waals surface area contributed by atoms with Gasteiger partial charge in [-0.25, -0.2) is 0 Å². The van der Waals surface area contributed by atoms with Crippen molar-refractivity contribution < 1.29 is 0 Å². The van der Waals surface area contributed by atoms with Crippen molar-refractivity contribution >= 4 is 0 Å². The van der Waals surface area contributed by atoms with Crippen molar-refractivity contribution in [1.82, 2.24) is 20.4 Å².